The molecule has 8 nitrogen and oxygen atoms in total. The van der Waals surface area contributed by atoms with Gasteiger partial charge in [0, 0.05) is 30.4 Å². The van der Waals surface area contributed by atoms with E-state index in [1.165, 1.54) is 12.8 Å². The molecule has 4 rings (SSSR count). The fourth-order valence-corrected chi connectivity index (χ4v) is 4.20. The standard InChI is InChI=1S/C18H25N7O/c1-12(2)16-10-14(24-7-3-4-8-24)11-25(16)18(26)13-5-6-19-15(9-13)17-20-22-23-21-17/h5-6,9,12,14,16H,3-4,7-8,10-11H2,1-2H3,(H,20,21,22,23). The Bertz CT molecular complexity index is 755. The smallest absolute Gasteiger partial charge is 0.254 e. The number of nitrogens with one attached hydrogen (secondary N) is 1. The largest absolute Gasteiger partial charge is 0.334 e. The maximum Gasteiger partial charge on any atom is 0.254 e. The lowest BCUT2D eigenvalue weighted by atomic mass is 9.99. The summed E-state index contributed by atoms with van der Waals surface area (Å²) in [5.74, 6) is 0.902. The molecule has 4 heterocycles. The lowest BCUT2D eigenvalue weighted by molar-refractivity contribution is 0.0694. The van der Waals surface area contributed by atoms with E-state index in [0.29, 0.717) is 29.0 Å². The van der Waals surface area contributed by atoms with E-state index in [1.807, 2.05) is 0 Å². The fourth-order valence-electron chi connectivity index (χ4n) is 4.20. The van der Waals surface area contributed by atoms with Gasteiger partial charge >= 0.3 is 0 Å². The molecule has 2 fully saturated rings. The fraction of sp³-hybridized carbons (Fsp3) is 0.611. The molecule has 2 atom stereocenters. The van der Waals surface area contributed by atoms with Crippen molar-refractivity contribution >= 4 is 5.91 Å². The van der Waals surface area contributed by atoms with Crippen molar-refractivity contribution in [2.24, 2.45) is 5.92 Å². The molecule has 0 aromatic carbocycles. The summed E-state index contributed by atoms with van der Waals surface area (Å²) < 4.78 is 0. The third-order valence-corrected chi connectivity index (χ3v) is 5.59. The molecule has 2 aliphatic heterocycles. The zero-order valence-electron chi connectivity index (χ0n) is 15.3. The number of H-pyrrole nitrogens is 1. The zero-order valence-corrected chi connectivity index (χ0v) is 15.3. The van der Waals surface area contributed by atoms with E-state index >= 15 is 0 Å². The minimum Gasteiger partial charge on any atom is -0.334 e. The third-order valence-electron chi connectivity index (χ3n) is 5.59. The first-order chi connectivity index (χ1) is 12.6. The number of amides is 1. The number of nitrogens with zero attached hydrogens (tertiary/aromatic N) is 6. The van der Waals surface area contributed by atoms with Gasteiger partial charge in [-0.3, -0.25) is 14.7 Å². The number of carbonyl (C=O) groups is 1. The molecule has 0 saturated carbocycles. The van der Waals surface area contributed by atoms with Gasteiger partial charge in [-0.25, -0.2) is 0 Å². The first-order valence-electron chi connectivity index (χ1n) is 9.38. The lowest BCUT2D eigenvalue weighted by Gasteiger charge is -2.27. The van der Waals surface area contributed by atoms with Crippen LogP contribution in [0.1, 0.15) is 43.5 Å². The number of hydrogen-bond acceptors (Lipinski definition) is 6. The summed E-state index contributed by atoms with van der Waals surface area (Å²) in [6.07, 6.45) is 5.24. The Morgan fingerprint density at radius 2 is 2.12 bits per heavy atom. The molecule has 1 N–H and O–H groups in total. The molecule has 0 spiro atoms. The normalized spacial score (nSPS) is 23.9. The van der Waals surface area contributed by atoms with E-state index in [2.05, 4.69) is 49.3 Å². The maximum absolute atomic E-state index is 13.3. The number of pyridine rings is 1. The number of likely N-dealkylation sites (tertiary alicyclic amines) is 2. The maximum atomic E-state index is 13.3. The Morgan fingerprint density at radius 1 is 1.31 bits per heavy atom. The molecular formula is C18H25N7O. The van der Waals surface area contributed by atoms with Gasteiger partial charge in [0.2, 0.25) is 5.82 Å². The molecule has 1 amide bonds. The average Bonchev–Trinajstić information content (AvgIpc) is 3.42. The second-order valence-electron chi connectivity index (χ2n) is 7.57. The molecule has 138 valence electrons. The van der Waals surface area contributed by atoms with Crippen molar-refractivity contribution in [3.63, 3.8) is 0 Å². The summed E-state index contributed by atoms with van der Waals surface area (Å²) in [6, 6.07) is 4.28. The average molecular weight is 355 g/mol. The van der Waals surface area contributed by atoms with Crippen LogP contribution in [0.2, 0.25) is 0 Å². The van der Waals surface area contributed by atoms with Crippen LogP contribution in [0.15, 0.2) is 18.3 Å². The van der Waals surface area contributed by atoms with Gasteiger partial charge in [-0.2, -0.15) is 5.21 Å². The summed E-state index contributed by atoms with van der Waals surface area (Å²) in [6.45, 7) is 7.54. The molecule has 2 unspecified atom stereocenters. The molecule has 2 aromatic rings. The van der Waals surface area contributed by atoms with Crippen molar-refractivity contribution in [3.05, 3.63) is 23.9 Å². The lowest BCUT2D eigenvalue weighted by Crippen LogP contribution is -2.40. The predicted octanol–water partition coefficient (Wildman–Crippen LogP) is 1.60. The first kappa shape index (κ1) is 17.1. The Labute approximate surface area is 153 Å². The molecule has 2 aliphatic rings. The number of hydrogen-bond donors (Lipinski definition) is 1. The van der Waals surface area contributed by atoms with Crippen LogP contribution in [-0.4, -0.2) is 73.0 Å². The van der Waals surface area contributed by atoms with Crippen LogP contribution < -0.4 is 0 Å². The highest BCUT2D eigenvalue weighted by Crippen LogP contribution is 2.30. The molecule has 2 saturated heterocycles. The van der Waals surface area contributed by atoms with Crippen molar-refractivity contribution in [2.75, 3.05) is 19.6 Å². The quantitative estimate of drug-likeness (QED) is 0.896. The van der Waals surface area contributed by atoms with Gasteiger partial charge in [0.15, 0.2) is 0 Å². The molecule has 0 bridgehead atoms. The molecule has 26 heavy (non-hydrogen) atoms. The molecule has 8 heteroatoms. The number of tetrazole rings is 1. The van der Waals surface area contributed by atoms with Gasteiger partial charge in [-0.05, 0) is 55.6 Å². The predicted molar refractivity (Wildman–Crippen MR) is 96.3 cm³/mol. The van der Waals surface area contributed by atoms with Gasteiger partial charge in [0.1, 0.15) is 5.69 Å². The van der Waals surface area contributed by atoms with Gasteiger partial charge < -0.3 is 4.90 Å². The van der Waals surface area contributed by atoms with E-state index in [4.69, 9.17) is 0 Å². The summed E-state index contributed by atoms with van der Waals surface area (Å²) in [7, 11) is 0. The van der Waals surface area contributed by atoms with Crippen LogP contribution in [-0.2, 0) is 0 Å². The van der Waals surface area contributed by atoms with Crippen LogP contribution >= 0.6 is 0 Å². The van der Waals surface area contributed by atoms with Crippen molar-refractivity contribution in [2.45, 2.75) is 45.2 Å². The monoisotopic (exact) mass is 355 g/mol. The van der Waals surface area contributed by atoms with Gasteiger partial charge in [-0.1, -0.05) is 13.8 Å². The Balaban J connectivity index is 1.57. The van der Waals surface area contributed by atoms with Crippen molar-refractivity contribution < 1.29 is 4.79 Å². The Morgan fingerprint density at radius 3 is 2.81 bits per heavy atom. The number of carbonyl (C=O) groups excluding carboxylic acids is 1. The van der Waals surface area contributed by atoms with Crippen LogP contribution in [0.5, 0.6) is 0 Å². The second-order valence-corrected chi connectivity index (χ2v) is 7.57. The molecular weight excluding hydrogens is 330 g/mol. The van der Waals surface area contributed by atoms with Crippen molar-refractivity contribution in [3.8, 4) is 11.5 Å². The zero-order chi connectivity index (χ0) is 18.1. The summed E-state index contributed by atoms with van der Waals surface area (Å²) in [5, 5.41) is 13.9. The Hall–Kier alpha value is -2.35. The van der Waals surface area contributed by atoms with Crippen molar-refractivity contribution in [1.82, 2.24) is 35.4 Å². The van der Waals surface area contributed by atoms with Gasteiger partial charge in [0.05, 0.1) is 0 Å². The highest BCUT2D eigenvalue weighted by Gasteiger charge is 2.40. The highest BCUT2D eigenvalue weighted by atomic mass is 16.2. The van der Waals surface area contributed by atoms with E-state index in [9.17, 15) is 4.79 Å². The van der Waals surface area contributed by atoms with Crippen LogP contribution in [0.4, 0.5) is 0 Å². The van der Waals surface area contributed by atoms with Gasteiger partial charge in [-0.15, -0.1) is 10.2 Å². The minimum absolute atomic E-state index is 0.0672. The molecule has 0 aliphatic carbocycles. The van der Waals surface area contributed by atoms with E-state index in [1.54, 1.807) is 18.3 Å². The van der Waals surface area contributed by atoms with E-state index in [-0.39, 0.29) is 11.9 Å². The summed E-state index contributed by atoms with van der Waals surface area (Å²) >= 11 is 0. The topological polar surface area (TPSA) is 90.9 Å². The summed E-state index contributed by atoms with van der Waals surface area (Å²) in [5.41, 5.74) is 1.19. The number of rotatable bonds is 4. The molecule has 2 aromatic heterocycles. The van der Waals surface area contributed by atoms with E-state index in [0.717, 1.165) is 26.1 Å². The first-order valence-corrected chi connectivity index (χ1v) is 9.38. The summed E-state index contributed by atoms with van der Waals surface area (Å²) in [4.78, 5) is 22.1. The SMILES string of the molecule is CC(C)C1CC(N2CCCC2)CN1C(=O)c1ccnc(-c2nn[nH]n2)c1. The van der Waals surface area contributed by atoms with E-state index < -0.39 is 0 Å². The number of aromatic amines is 1. The minimum atomic E-state index is 0.0672. The van der Waals surface area contributed by atoms with Gasteiger partial charge in [0.25, 0.3) is 5.91 Å². The second kappa shape index (κ2) is 7.11. The van der Waals surface area contributed by atoms with Crippen LogP contribution in [0, 0.1) is 5.92 Å². The van der Waals surface area contributed by atoms with Crippen molar-refractivity contribution in [1.29, 1.82) is 0 Å². The Kier molecular flexibility index (Phi) is 4.67. The number of aromatic nitrogens is 5. The molecule has 0 radical (unpaired) electrons. The van der Waals surface area contributed by atoms with Crippen LogP contribution in [0.25, 0.3) is 11.5 Å². The van der Waals surface area contributed by atoms with Crippen LogP contribution in [0.3, 0.4) is 0 Å². The third kappa shape index (κ3) is 3.21. The highest BCUT2D eigenvalue weighted by molar-refractivity contribution is 5.95.